The van der Waals surface area contributed by atoms with Crippen LogP contribution in [0, 0.1) is 6.92 Å². The number of carbonyl (C=O) groups excluding carboxylic acids is 1. The Balaban J connectivity index is 2.01. The molecule has 0 aliphatic heterocycles. The van der Waals surface area contributed by atoms with Crippen molar-refractivity contribution in [2.45, 2.75) is 39.8 Å². The second kappa shape index (κ2) is 8.26. The predicted octanol–water partition coefficient (Wildman–Crippen LogP) is 6.00. The molecule has 0 fully saturated rings. The van der Waals surface area contributed by atoms with Gasteiger partial charge in [0, 0.05) is 11.3 Å². The Kier molecular flexibility index (Phi) is 5.78. The molecule has 1 aromatic heterocycles. The average Bonchev–Trinajstić information content (AvgIpc) is 2.67. The van der Waals surface area contributed by atoms with E-state index in [1.165, 1.54) is 0 Å². The van der Waals surface area contributed by atoms with Crippen molar-refractivity contribution in [2.75, 3.05) is 4.90 Å². The Morgan fingerprint density at radius 1 is 1.00 bits per heavy atom. The Morgan fingerprint density at radius 3 is 2.21 bits per heavy atom. The van der Waals surface area contributed by atoms with E-state index in [9.17, 15) is 4.79 Å². The van der Waals surface area contributed by atoms with Crippen molar-refractivity contribution in [1.29, 1.82) is 0 Å². The van der Waals surface area contributed by atoms with Crippen LogP contribution < -0.4 is 4.90 Å². The molecule has 3 aromatic rings. The maximum absolute atomic E-state index is 13.0. The number of aromatic nitrogens is 1. The quantitative estimate of drug-likeness (QED) is 0.562. The number of carbonyl (C=O) groups is 1. The standard InChI is InChI=1S/C24H26N2O2/c1-18-22(20-13-9-6-10-14-20)15-21(16-25-18)26(23(27)28-24(2,3)4)17-19-11-7-5-8-12-19/h5-16H,17H2,1-4H3. The van der Waals surface area contributed by atoms with Crippen LogP contribution in [0.25, 0.3) is 11.1 Å². The van der Waals surface area contributed by atoms with Crippen LogP contribution in [0.4, 0.5) is 10.5 Å². The molecule has 4 heteroatoms. The van der Waals surface area contributed by atoms with Crippen molar-refractivity contribution in [2.24, 2.45) is 0 Å². The molecular weight excluding hydrogens is 348 g/mol. The number of hydrogen-bond donors (Lipinski definition) is 0. The van der Waals surface area contributed by atoms with Crippen LogP contribution in [0.2, 0.25) is 0 Å². The molecule has 28 heavy (non-hydrogen) atoms. The monoisotopic (exact) mass is 374 g/mol. The molecule has 0 bridgehead atoms. The zero-order valence-corrected chi connectivity index (χ0v) is 16.8. The van der Waals surface area contributed by atoms with E-state index in [-0.39, 0.29) is 6.09 Å². The van der Waals surface area contributed by atoms with Crippen LogP contribution in [0.15, 0.2) is 72.9 Å². The van der Waals surface area contributed by atoms with Gasteiger partial charge in [-0.2, -0.15) is 0 Å². The van der Waals surface area contributed by atoms with E-state index in [1.54, 1.807) is 11.1 Å². The van der Waals surface area contributed by atoms with Gasteiger partial charge in [0.2, 0.25) is 0 Å². The number of amides is 1. The summed E-state index contributed by atoms with van der Waals surface area (Å²) in [6, 6.07) is 22.0. The Morgan fingerprint density at radius 2 is 1.61 bits per heavy atom. The fraction of sp³-hybridized carbons (Fsp3) is 0.250. The minimum atomic E-state index is -0.577. The summed E-state index contributed by atoms with van der Waals surface area (Å²) < 4.78 is 5.66. The minimum Gasteiger partial charge on any atom is -0.443 e. The van der Waals surface area contributed by atoms with Gasteiger partial charge in [-0.15, -0.1) is 0 Å². The Labute approximate surface area is 166 Å². The van der Waals surface area contributed by atoms with E-state index in [0.29, 0.717) is 12.2 Å². The molecule has 0 N–H and O–H groups in total. The topological polar surface area (TPSA) is 42.4 Å². The molecule has 0 saturated carbocycles. The molecule has 3 rings (SSSR count). The highest BCUT2D eigenvalue weighted by molar-refractivity contribution is 5.89. The van der Waals surface area contributed by atoms with Gasteiger partial charge in [-0.3, -0.25) is 9.88 Å². The lowest BCUT2D eigenvalue weighted by molar-refractivity contribution is 0.0577. The third-order valence-corrected chi connectivity index (χ3v) is 4.27. The number of nitrogens with zero attached hydrogens (tertiary/aromatic N) is 2. The molecule has 0 atom stereocenters. The predicted molar refractivity (Wildman–Crippen MR) is 113 cm³/mol. The zero-order chi connectivity index (χ0) is 20.1. The lowest BCUT2D eigenvalue weighted by Crippen LogP contribution is -2.36. The van der Waals surface area contributed by atoms with E-state index in [1.807, 2.05) is 94.4 Å². The number of rotatable bonds is 4. The Bertz CT molecular complexity index is 932. The van der Waals surface area contributed by atoms with Crippen molar-refractivity contribution in [3.8, 4) is 11.1 Å². The zero-order valence-electron chi connectivity index (χ0n) is 16.8. The number of ether oxygens (including phenoxy) is 1. The second-order valence-electron chi connectivity index (χ2n) is 7.74. The van der Waals surface area contributed by atoms with Crippen LogP contribution in [-0.4, -0.2) is 16.7 Å². The number of benzene rings is 2. The Hall–Kier alpha value is -3.14. The SMILES string of the molecule is Cc1ncc(N(Cc2ccccc2)C(=O)OC(C)(C)C)cc1-c1ccccc1. The molecule has 2 aromatic carbocycles. The van der Waals surface area contributed by atoms with Gasteiger partial charge >= 0.3 is 6.09 Å². The second-order valence-corrected chi connectivity index (χ2v) is 7.74. The van der Waals surface area contributed by atoms with Crippen LogP contribution in [0.1, 0.15) is 32.0 Å². The van der Waals surface area contributed by atoms with Crippen molar-refractivity contribution in [1.82, 2.24) is 4.98 Å². The van der Waals surface area contributed by atoms with Crippen molar-refractivity contribution in [3.63, 3.8) is 0 Å². The lowest BCUT2D eigenvalue weighted by atomic mass is 10.0. The summed E-state index contributed by atoms with van der Waals surface area (Å²) in [6.45, 7) is 7.99. The molecule has 0 spiro atoms. The van der Waals surface area contributed by atoms with E-state index < -0.39 is 5.60 Å². The van der Waals surface area contributed by atoms with E-state index in [4.69, 9.17) is 4.74 Å². The van der Waals surface area contributed by atoms with Gasteiger partial charge in [0.15, 0.2) is 0 Å². The van der Waals surface area contributed by atoms with E-state index in [2.05, 4.69) is 4.98 Å². The molecule has 0 saturated heterocycles. The van der Waals surface area contributed by atoms with Gasteiger partial charge in [-0.1, -0.05) is 60.7 Å². The molecule has 0 unspecified atom stereocenters. The largest absolute Gasteiger partial charge is 0.443 e. The minimum absolute atomic E-state index is 0.388. The summed E-state index contributed by atoms with van der Waals surface area (Å²) in [5.41, 5.74) is 4.14. The highest BCUT2D eigenvalue weighted by Crippen LogP contribution is 2.28. The van der Waals surface area contributed by atoms with Crippen LogP contribution >= 0.6 is 0 Å². The van der Waals surface area contributed by atoms with Crippen molar-refractivity contribution >= 4 is 11.8 Å². The first-order valence-corrected chi connectivity index (χ1v) is 9.40. The number of anilines is 1. The first kappa shape index (κ1) is 19.6. The molecular formula is C24H26N2O2. The molecule has 1 heterocycles. The molecule has 4 nitrogen and oxygen atoms in total. The van der Waals surface area contributed by atoms with Gasteiger partial charge < -0.3 is 4.74 Å². The average molecular weight is 374 g/mol. The fourth-order valence-corrected chi connectivity index (χ4v) is 2.92. The van der Waals surface area contributed by atoms with Crippen molar-refractivity contribution < 1.29 is 9.53 Å². The van der Waals surface area contributed by atoms with E-state index in [0.717, 1.165) is 22.4 Å². The highest BCUT2D eigenvalue weighted by atomic mass is 16.6. The third-order valence-electron chi connectivity index (χ3n) is 4.27. The summed E-state index contributed by atoms with van der Waals surface area (Å²) >= 11 is 0. The first-order chi connectivity index (χ1) is 13.3. The normalized spacial score (nSPS) is 11.1. The van der Waals surface area contributed by atoms with E-state index >= 15 is 0 Å². The number of pyridine rings is 1. The van der Waals surface area contributed by atoms with Crippen LogP contribution in [0.3, 0.4) is 0 Å². The van der Waals surface area contributed by atoms with Gasteiger partial charge in [0.25, 0.3) is 0 Å². The molecule has 0 radical (unpaired) electrons. The highest BCUT2D eigenvalue weighted by Gasteiger charge is 2.24. The third kappa shape index (κ3) is 4.97. The van der Waals surface area contributed by atoms with Crippen molar-refractivity contribution in [3.05, 3.63) is 84.2 Å². The number of hydrogen-bond acceptors (Lipinski definition) is 3. The van der Waals surface area contributed by atoms with Gasteiger partial charge in [0.05, 0.1) is 18.4 Å². The molecule has 0 aliphatic carbocycles. The first-order valence-electron chi connectivity index (χ1n) is 9.40. The summed E-state index contributed by atoms with van der Waals surface area (Å²) in [6.07, 6.45) is 1.34. The maximum Gasteiger partial charge on any atom is 0.415 e. The lowest BCUT2D eigenvalue weighted by Gasteiger charge is -2.28. The van der Waals surface area contributed by atoms with Crippen LogP contribution in [-0.2, 0) is 11.3 Å². The number of aryl methyl sites for hydroxylation is 1. The van der Waals surface area contributed by atoms with Gasteiger partial charge in [-0.05, 0) is 44.9 Å². The summed E-state index contributed by atoms with van der Waals surface area (Å²) in [5.74, 6) is 0. The summed E-state index contributed by atoms with van der Waals surface area (Å²) in [7, 11) is 0. The summed E-state index contributed by atoms with van der Waals surface area (Å²) in [4.78, 5) is 19.2. The maximum atomic E-state index is 13.0. The molecule has 0 aliphatic rings. The van der Waals surface area contributed by atoms with Crippen LogP contribution in [0.5, 0.6) is 0 Å². The smallest absolute Gasteiger partial charge is 0.415 e. The summed E-state index contributed by atoms with van der Waals surface area (Å²) in [5, 5.41) is 0. The fourth-order valence-electron chi connectivity index (χ4n) is 2.92. The molecule has 144 valence electrons. The molecule has 1 amide bonds. The van der Waals surface area contributed by atoms with Gasteiger partial charge in [0.1, 0.15) is 5.60 Å². The van der Waals surface area contributed by atoms with Gasteiger partial charge in [-0.25, -0.2) is 4.79 Å².